The van der Waals surface area contributed by atoms with Gasteiger partial charge in [-0.3, -0.25) is 0 Å². The lowest BCUT2D eigenvalue weighted by atomic mass is 10.1. The van der Waals surface area contributed by atoms with Crippen molar-refractivity contribution in [2.24, 2.45) is 0 Å². The zero-order valence-corrected chi connectivity index (χ0v) is 13.9. The van der Waals surface area contributed by atoms with Gasteiger partial charge in [-0.1, -0.05) is 25.4 Å². The highest BCUT2D eigenvalue weighted by Crippen LogP contribution is 2.37. The molecule has 0 bridgehead atoms. The Morgan fingerprint density at radius 3 is 2.47 bits per heavy atom. The predicted octanol–water partition coefficient (Wildman–Crippen LogP) is 5.51. The van der Waals surface area contributed by atoms with Crippen LogP contribution in [0.3, 0.4) is 0 Å². The highest BCUT2D eigenvalue weighted by molar-refractivity contribution is 9.13. The van der Waals surface area contributed by atoms with Crippen molar-refractivity contribution in [1.82, 2.24) is 9.97 Å². The molecule has 17 heavy (non-hydrogen) atoms. The molecule has 0 aromatic carbocycles. The van der Waals surface area contributed by atoms with Gasteiger partial charge in [0.1, 0.15) is 5.15 Å². The number of rotatable bonds is 2. The molecule has 0 N–H and O–H groups in total. The van der Waals surface area contributed by atoms with E-state index in [9.17, 15) is 0 Å². The summed E-state index contributed by atoms with van der Waals surface area (Å²) in [6, 6.07) is 3.80. The second-order valence-corrected chi connectivity index (χ2v) is 7.44. The summed E-state index contributed by atoms with van der Waals surface area (Å²) in [4.78, 5) is 9.79. The molecule has 0 aliphatic carbocycles. The van der Waals surface area contributed by atoms with Crippen LogP contribution >= 0.6 is 54.8 Å². The summed E-state index contributed by atoms with van der Waals surface area (Å²) >= 11 is 14.5. The van der Waals surface area contributed by atoms with E-state index in [4.69, 9.17) is 11.6 Å². The molecule has 6 heteroatoms. The van der Waals surface area contributed by atoms with E-state index in [1.54, 1.807) is 11.3 Å². The second-order valence-electron chi connectivity index (χ2n) is 3.83. The third-order valence-corrected chi connectivity index (χ3v) is 5.62. The van der Waals surface area contributed by atoms with Crippen molar-refractivity contribution in [2.75, 3.05) is 0 Å². The van der Waals surface area contributed by atoms with E-state index in [0.29, 0.717) is 16.9 Å². The number of hydrogen-bond acceptors (Lipinski definition) is 3. The molecule has 2 aromatic heterocycles. The minimum absolute atomic E-state index is 0.334. The van der Waals surface area contributed by atoms with Crippen LogP contribution in [-0.2, 0) is 0 Å². The second kappa shape index (κ2) is 5.34. The summed E-state index contributed by atoms with van der Waals surface area (Å²) in [6.07, 6.45) is 0. The maximum atomic E-state index is 6.02. The molecule has 0 amide bonds. The molecular formula is C11H9Br2ClN2S. The smallest absolute Gasteiger partial charge is 0.171 e. The quantitative estimate of drug-likeness (QED) is 0.626. The van der Waals surface area contributed by atoms with Gasteiger partial charge < -0.3 is 0 Å². The summed E-state index contributed by atoms with van der Waals surface area (Å²) in [5.41, 5.74) is 0.959. The van der Waals surface area contributed by atoms with E-state index in [-0.39, 0.29) is 0 Å². The largest absolute Gasteiger partial charge is 0.232 e. The molecule has 0 spiro atoms. The van der Waals surface area contributed by atoms with Crippen LogP contribution in [0, 0.1) is 0 Å². The van der Waals surface area contributed by atoms with Gasteiger partial charge in [-0.2, -0.15) is 0 Å². The predicted molar refractivity (Wildman–Crippen MR) is 79.8 cm³/mol. The molecule has 2 nitrogen and oxygen atoms in total. The molecule has 0 aliphatic heterocycles. The lowest BCUT2D eigenvalue weighted by molar-refractivity contribution is 0.817. The number of aromatic nitrogens is 2. The van der Waals surface area contributed by atoms with Crippen molar-refractivity contribution >= 4 is 54.8 Å². The summed E-state index contributed by atoms with van der Waals surface area (Å²) < 4.78 is 2.04. The fourth-order valence-electron chi connectivity index (χ4n) is 1.30. The zero-order valence-electron chi connectivity index (χ0n) is 9.17. The van der Waals surface area contributed by atoms with Crippen LogP contribution in [0.4, 0.5) is 0 Å². The van der Waals surface area contributed by atoms with E-state index in [2.05, 4.69) is 55.7 Å². The van der Waals surface area contributed by atoms with E-state index in [1.807, 2.05) is 12.1 Å². The van der Waals surface area contributed by atoms with E-state index in [0.717, 1.165) is 18.8 Å². The zero-order chi connectivity index (χ0) is 12.6. The Balaban J connectivity index is 2.51. The summed E-state index contributed by atoms with van der Waals surface area (Å²) in [5, 5.41) is 0.486. The van der Waals surface area contributed by atoms with Crippen LogP contribution in [0.1, 0.15) is 25.5 Å². The summed E-state index contributed by atoms with van der Waals surface area (Å²) in [6.45, 7) is 4.17. The molecule has 0 aliphatic rings. The first-order valence-electron chi connectivity index (χ1n) is 4.97. The van der Waals surface area contributed by atoms with Gasteiger partial charge in [0.25, 0.3) is 0 Å². The normalized spacial score (nSPS) is 11.2. The number of hydrogen-bond donors (Lipinski definition) is 0. The van der Waals surface area contributed by atoms with Gasteiger partial charge in [0, 0.05) is 10.2 Å². The lowest BCUT2D eigenvalue weighted by Crippen LogP contribution is -1.97. The average Bonchev–Trinajstić information content (AvgIpc) is 2.58. The third-order valence-electron chi connectivity index (χ3n) is 2.17. The number of thiophene rings is 1. The molecule has 2 aromatic rings. The SMILES string of the molecule is CC(C)c1cc(Cl)nc(-c2cc(Br)c(Br)s2)n1. The molecule has 0 fully saturated rings. The van der Waals surface area contributed by atoms with E-state index in [1.165, 1.54) is 0 Å². The Morgan fingerprint density at radius 2 is 1.94 bits per heavy atom. The molecule has 0 atom stereocenters. The van der Waals surface area contributed by atoms with Crippen LogP contribution in [-0.4, -0.2) is 9.97 Å². The van der Waals surface area contributed by atoms with Crippen LogP contribution in [0.2, 0.25) is 5.15 Å². The average molecular weight is 397 g/mol. The van der Waals surface area contributed by atoms with Crippen LogP contribution in [0.5, 0.6) is 0 Å². The Kier molecular flexibility index (Phi) is 4.23. The van der Waals surface area contributed by atoms with Crippen LogP contribution in [0.15, 0.2) is 20.4 Å². The van der Waals surface area contributed by atoms with Crippen molar-refractivity contribution in [3.05, 3.63) is 31.2 Å². The van der Waals surface area contributed by atoms with Gasteiger partial charge in [-0.05, 0) is 49.9 Å². The molecule has 90 valence electrons. The summed E-state index contributed by atoms with van der Waals surface area (Å²) in [5.74, 6) is 1.01. The Bertz CT molecular complexity index is 535. The third kappa shape index (κ3) is 3.08. The minimum Gasteiger partial charge on any atom is -0.232 e. The maximum absolute atomic E-state index is 6.02. The van der Waals surface area contributed by atoms with Crippen molar-refractivity contribution < 1.29 is 0 Å². The highest BCUT2D eigenvalue weighted by atomic mass is 79.9. The first-order chi connectivity index (χ1) is 7.97. The standard InChI is InChI=1S/C11H9Br2ClN2S/c1-5(2)7-4-9(14)16-11(15-7)8-3-6(12)10(13)17-8/h3-5H,1-2H3. The van der Waals surface area contributed by atoms with Crippen LogP contribution < -0.4 is 0 Å². The monoisotopic (exact) mass is 394 g/mol. The van der Waals surface area contributed by atoms with Crippen molar-refractivity contribution in [1.29, 1.82) is 0 Å². The molecule has 0 radical (unpaired) electrons. The van der Waals surface area contributed by atoms with E-state index < -0.39 is 0 Å². The Labute approximate surface area is 126 Å². The highest BCUT2D eigenvalue weighted by Gasteiger charge is 2.12. The molecule has 0 saturated heterocycles. The van der Waals surface area contributed by atoms with Crippen molar-refractivity contribution in [2.45, 2.75) is 19.8 Å². The van der Waals surface area contributed by atoms with Gasteiger partial charge in [0.15, 0.2) is 5.82 Å². The van der Waals surface area contributed by atoms with E-state index >= 15 is 0 Å². The van der Waals surface area contributed by atoms with Gasteiger partial charge in [-0.25, -0.2) is 9.97 Å². The fraction of sp³-hybridized carbons (Fsp3) is 0.273. The lowest BCUT2D eigenvalue weighted by Gasteiger charge is -2.06. The van der Waals surface area contributed by atoms with Crippen molar-refractivity contribution in [3.8, 4) is 10.7 Å². The number of nitrogens with zero attached hydrogens (tertiary/aromatic N) is 2. The van der Waals surface area contributed by atoms with Gasteiger partial charge in [0.2, 0.25) is 0 Å². The van der Waals surface area contributed by atoms with Gasteiger partial charge >= 0.3 is 0 Å². The van der Waals surface area contributed by atoms with Crippen molar-refractivity contribution in [3.63, 3.8) is 0 Å². The Hall–Kier alpha value is 0.0300. The maximum Gasteiger partial charge on any atom is 0.171 e. The Morgan fingerprint density at radius 1 is 1.24 bits per heavy atom. The topological polar surface area (TPSA) is 25.8 Å². The molecule has 2 rings (SSSR count). The van der Waals surface area contributed by atoms with Gasteiger partial charge in [-0.15, -0.1) is 11.3 Å². The summed E-state index contributed by atoms with van der Waals surface area (Å²) in [7, 11) is 0. The molecule has 0 saturated carbocycles. The first kappa shape index (κ1) is 13.5. The molecular weight excluding hydrogens is 387 g/mol. The fourth-order valence-corrected chi connectivity index (χ4v) is 3.46. The molecule has 0 unspecified atom stereocenters. The minimum atomic E-state index is 0.334. The van der Waals surface area contributed by atoms with Gasteiger partial charge in [0.05, 0.1) is 8.66 Å². The first-order valence-corrected chi connectivity index (χ1v) is 7.75. The number of halogens is 3. The molecule has 2 heterocycles. The van der Waals surface area contributed by atoms with Crippen LogP contribution in [0.25, 0.3) is 10.7 Å².